The summed E-state index contributed by atoms with van der Waals surface area (Å²) in [5.74, 6) is 0. The van der Waals surface area contributed by atoms with E-state index in [1.165, 1.54) is 0 Å². The first-order chi connectivity index (χ1) is 3.77. The molecule has 0 spiro atoms. The van der Waals surface area contributed by atoms with E-state index in [-0.39, 0.29) is 12.8 Å². The Morgan fingerprint density at radius 1 is 1.88 bits per heavy atom. The zero-order valence-corrected chi connectivity index (χ0v) is 4.83. The van der Waals surface area contributed by atoms with E-state index in [2.05, 4.69) is 5.18 Å². The molecule has 0 fully saturated rings. The summed E-state index contributed by atoms with van der Waals surface area (Å²) in [6, 6.07) is 0. The minimum atomic E-state index is -0.295. The van der Waals surface area contributed by atoms with E-state index in [4.69, 9.17) is 10.5 Å². The highest BCUT2D eigenvalue weighted by molar-refractivity contribution is 4.39. The molecular weight excluding hydrogens is 108 g/mol. The van der Waals surface area contributed by atoms with Crippen LogP contribution in [0.5, 0.6) is 0 Å². The molecule has 0 aromatic rings. The molecule has 0 aromatic heterocycles. The van der Waals surface area contributed by atoms with Gasteiger partial charge in [-0.1, -0.05) is 5.18 Å². The maximum Gasteiger partial charge on any atom is 0.105 e. The molecule has 0 bridgehead atoms. The Labute approximate surface area is 48.0 Å². The summed E-state index contributed by atoms with van der Waals surface area (Å²) < 4.78 is 4.77. The monoisotopic (exact) mass is 118 g/mol. The van der Waals surface area contributed by atoms with E-state index < -0.39 is 0 Å². The van der Waals surface area contributed by atoms with Crippen LogP contribution in [0, 0.1) is 4.91 Å². The van der Waals surface area contributed by atoms with Crippen LogP contribution in [0.2, 0.25) is 0 Å². The van der Waals surface area contributed by atoms with Crippen molar-refractivity contribution < 1.29 is 4.74 Å². The maximum atomic E-state index is 9.42. The van der Waals surface area contributed by atoms with Crippen LogP contribution in [0.3, 0.4) is 0 Å². The topological polar surface area (TPSA) is 64.7 Å². The molecule has 0 heterocycles. The van der Waals surface area contributed by atoms with E-state index in [0.29, 0.717) is 6.61 Å². The molecule has 0 amide bonds. The van der Waals surface area contributed by atoms with Crippen molar-refractivity contribution in [1.82, 2.24) is 0 Å². The van der Waals surface area contributed by atoms with E-state index in [1.807, 2.05) is 0 Å². The van der Waals surface area contributed by atoms with Gasteiger partial charge in [-0.3, -0.25) is 0 Å². The van der Waals surface area contributed by atoms with E-state index in [9.17, 15) is 4.91 Å². The normalized spacial score (nSPS) is 13.2. The smallest absolute Gasteiger partial charge is 0.105 e. The fourth-order valence-corrected chi connectivity index (χ4v) is 0.276. The second kappa shape index (κ2) is 4.67. The van der Waals surface area contributed by atoms with Crippen molar-refractivity contribution in [2.75, 3.05) is 13.2 Å². The highest BCUT2D eigenvalue weighted by Crippen LogP contribution is 1.78. The van der Waals surface area contributed by atoms with Crippen molar-refractivity contribution in [3.8, 4) is 0 Å². The minimum Gasteiger partial charge on any atom is -0.362 e. The molecule has 1 atom stereocenters. The van der Waals surface area contributed by atoms with Gasteiger partial charge in [0, 0.05) is 0 Å². The number of nitroso groups, excluding NO2 is 1. The lowest BCUT2D eigenvalue weighted by atomic mass is 10.6. The van der Waals surface area contributed by atoms with Crippen molar-refractivity contribution in [3.63, 3.8) is 0 Å². The van der Waals surface area contributed by atoms with Gasteiger partial charge in [-0.05, 0) is 6.92 Å². The quantitative estimate of drug-likeness (QED) is 0.323. The minimum absolute atomic E-state index is 0.182. The summed E-state index contributed by atoms with van der Waals surface area (Å²) in [7, 11) is 0. The molecular formula is C4H10N2O2. The number of hydrogen-bond donors (Lipinski definition) is 1. The number of nitrogens with zero attached hydrogens (tertiary/aromatic N) is 1. The molecule has 0 saturated heterocycles. The standard InChI is InChI=1S/C4H10N2O2/c1-4(5)8-3-2-6-7/h4H,2-3,5H2,1H3. The molecule has 0 aromatic carbocycles. The zero-order valence-electron chi connectivity index (χ0n) is 4.83. The molecule has 0 aliphatic heterocycles. The Balaban J connectivity index is 2.81. The lowest BCUT2D eigenvalue weighted by Gasteiger charge is -2.02. The highest BCUT2D eigenvalue weighted by atomic mass is 16.5. The molecule has 0 saturated carbocycles. The van der Waals surface area contributed by atoms with Gasteiger partial charge in [0.2, 0.25) is 0 Å². The summed E-state index contributed by atoms with van der Waals surface area (Å²) in [6.07, 6.45) is -0.295. The Kier molecular flexibility index (Phi) is 4.39. The number of hydrogen-bond acceptors (Lipinski definition) is 4. The van der Waals surface area contributed by atoms with Crippen molar-refractivity contribution in [2.24, 2.45) is 10.9 Å². The Bertz CT molecular complexity index is 65.1. The lowest BCUT2D eigenvalue weighted by molar-refractivity contribution is 0.0768. The predicted molar refractivity (Wildman–Crippen MR) is 30.3 cm³/mol. The average Bonchev–Trinajstić information content (AvgIpc) is 1.66. The summed E-state index contributed by atoms with van der Waals surface area (Å²) in [6.45, 7) is 2.20. The first-order valence-electron chi connectivity index (χ1n) is 2.43. The van der Waals surface area contributed by atoms with Gasteiger partial charge in [-0.15, -0.1) is 0 Å². The predicted octanol–water partition coefficient (Wildman–Crippen LogP) is 0.0741. The van der Waals surface area contributed by atoms with Gasteiger partial charge in [0.25, 0.3) is 0 Å². The third-order valence-electron chi connectivity index (χ3n) is 0.563. The van der Waals surface area contributed by atoms with E-state index in [0.717, 1.165) is 0 Å². The van der Waals surface area contributed by atoms with E-state index >= 15 is 0 Å². The van der Waals surface area contributed by atoms with Crippen molar-refractivity contribution in [3.05, 3.63) is 4.91 Å². The molecule has 0 aliphatic rings. The van der Waals surface area contributed by atoms with Crippen molar-refractivity contribution in [2.45, 2.75) is 13.2 Å². The zero-order chi connectivity index (χ0) is 6.41. The van der Waals surface area contributed by atoms with Gasteiger partial charge in [0.05, 0.1) is 6.61 Å². The van der Waals surface area contributed by atoms with Crippen LogP contribution in [-0.2, 0) is 4.74 Å². The second-order valence-electron chi connectivity index (χ2n) is 1.43. The molecule has 2 N–H and O–H groups in total. The summed E-state index contributed by atoms with van der Waals surface area (Å²) in [4.78, 5) is 9.42. The summed E-state index contributed by atoms with van der Waals surface area (Å²) in [5.41, 5.74) is 5.17. The van der Waals surface area contributed by atoms with Crippen molar-refractivity contribution >= 4 is 0 Å². The van der Waals surface area contributed by atoms with Gasteiger partial charge < -0.3 is 10.5 Å². The van der Waals surface area contributed by atoms with Crippen LogP contribution >= 0.6 is 0 Å². The van der Waals surface area contributed by atoms with Crippen LogP contribution in [0.15, 0.2) is 5.18 Å². The average molecular weight is 118 g/mol. The van der Waals surface area contributed by atoms with Gasteiger partial charge in [0.1, 0.15) is 12.8 Å². The van der Waals surface area contributed by atoms with Gasteiger partial charge in [-0.2, -0.15) is 4.91 Å². The molecule has 0 rings (SSSR count). The lowest BCUT2D eigenvalue weighted by Crippen LogP contribution is -2.20. The fraction of sp³-hybridized carbons (Fsp3) is 1.00. The number of nitrogens with two attached hydrogens (primary N) is 1. The van der Waals surface area contributed by atoms with Gasteiger partial charge >= 0.3 is 0 Å². The van der Waals surface area contributed by atoms with Crippen LogP contribution in [0.4, 0.5) is 0 Å². The molecule has 4 nitrogen and oxygen atoms in total. The van der Waals surface area contributed by atoms with Crippen LogP contribution in [0.25, 0.3) is 0 Å². The Hall–Kier alpha value is -0.480. The van der Waals surface area contributed by atoms with E-state index in [1.54, 1.807) is 6.92 Å². The SMILES string of the molecule is CC(N)OCCN=O. The third kappa shape index (κ3) is 5.52. The highest BCUT2D eigenvalue weighted by Gasteiger charge is 1.89. The Morgan fingerprint density at radius 2 is 2.50 bits per heavy atom. The van der Waals surface area contributed by atoms with Crippen LogP contribution < -0.4 is 5.73 Å². The second-order valence-corrected chi connectivity index (χ2v) is 1.43. The Morgan fingerprint density at radius 3 is 2.88 bits per heavy atom. The van der Waals surface area contributed by atoms with Crippen LogP contribution in [-0.4, -0.2) is 19.4 Å². The summed E-state index contributed by atoms with van der Waals surface area (Å²) in [5, 5.41) is 2.58. The van der Waals surface area contributed by atoms with Crippen LogP contribution in [0.1, 0.15) is 6.92 Å². The molecule has 4 heteroatoms. The third-order valence-corrected chi connectivity index (χ3v) is 0.563. The molecule has 0 radical (unpaired) electrons. The number of rotatable bonds is 4. The van der Waals surface area contributed by atoms with Gasteiger partial charge in [-0.25, -0.2) is 0 Å². The fourth-order valence-electron chi connectivity index (χ4n) is 0.276. The summed E-state index contributed by atoms with van der Waals surface area (Å²) >= 11 is 0. The largest absolute Gasteiger partial charge is 0.362 e. The van der Waals surface area contributed by atoms with Crippen molar-refractivity contribution in [1.29, 1.82) is 0 Å². The van der Waals surface area contributed by atoms with Gasteiger partial charge in [0.15, 0.2) is 0 Å². The number of ether oxygens (including phenoxy) is 1. The molecule has 0 aliphatic carbocycles. The first kappa shape index (κ1) is 7.52. The molecule has 48 valence electrons. The maximum absolute atomic E-state index is 9.42. The molecule has 8 heavy (non-hydrogen) atoms. The first-order valence-corrected chi connectivity index (χ1v) is 2.43. The molecule has 1 unspecified atom stereocenters.